The van der Waals surface area contributed by atoms with E-state index in [0.717, 1.165) is 4.57 Å². The Labute approximate surface area is 177 Å². The van der Waals surface area contributed by atoms with Gasteiger partial charge in [0.05, 0.1) is 16.1 Å². The van der Waals surface area contributed by atoms with Crippen LogP contribution in [0.5, 0.6) is 0 Å². The molecule has 1 aromatic carbocycles. The zero-order valence-electron chi connectivity index (χ0n) is 15.6. The predicted octanol–water partition coefficient (Wildman–Crippen LogP) is 2.80. The maximum Gasteiger partial charge on any atom is 0.332 e. The standard InChI is InChI=1S/C19H13ClFN5O3S/c1-25-15-10(17(28)26(2)19(25)29)4-6-13(22-15)16(27)24-18-23-14(8-30-18)9-3-5-12(21)11(20)7-9/h3-8H,1-2H3,(H,23,24,27). The summed E-state index contributed by atoms with van der Waals surface area (Å²) in [6, 6.07) is 7.07. The van der Waals surface area contributed by atoms with Gasteiger partial charge in [0.15, 0.2) is 5.13 Å². The third-order valence-electron chi connectivity index (χ3n) is 4.47. The van der Waals surface area contributed by atoms with Crippen molar-refractivity contribution in [1.29, 1.82) is 0 Å². The van der Waals surface area contributed by atoms with Crippen molar-refractivity contribution in [1.82, 2.24) is 19.1 Å². The number of nitrogens with one attached hydrogen (secondary N) is 1. The minimum atomic E-state index is -0.553. The van der Waals surface area contributed by atoms with Crippen LogP contribution < -0.4 is 16.6 Å². The van der Waals surface area contributed by atoms with Gasteiger partial charge >= 0.3 is 5.69 Å². The van der Waals surface area contributed by atoms with Crippen molar-refractivity contribution in [3.8, 4) is 11.3 Å². The number of thiazole rings is 1. The van der Waals surface area contributed by atoms with Crippen molar-refractivity contribution in [2.45, 2.75) is 0 Å². The molecule has 152 valence electrons. The van der Waals surface area contributed by atoms with E-state index in [1.807, 2.05) is 0 Å². The summed E-state index contributed by atoms with van der Waals surface area (Å²) in [6.07, 6.45) is 0. The van der Waals surface area contributed by atoms with Crippen LogP contribution in [0.15, 0.2) is 45.3 Å². The van der Waals surface area contributed by atoms with Gasteiger partial charge in [0.2, 0.25) is 0 Å². The molecule has 4 rings (SSSR count). The highest BCUT2D eigenvalue weighted by atomic mass is 35.5. The number of carbonyl (C=O) groups is 1. The van der Waals surface area contributed by atoms with Gasteiger partial charge in [0.1, 0.15) is 17.2 Å². The molecule has 8 nitrogen and oxygen atoms in total. The molecule has 1 N–H and O–H groups in total. The summed E-state index contributed by atoms with van der Waals surface area (Å²) >= 11 is 6.98. The lowest BCUT2D eigenvalue weighted by atomic mass is 10.2. The van der Waals surface area contributed by atoms with Crippen LogP contribution >= 0.6 is 22.9 Å². The number of pyridine rings is 1. The highest BCUT2D eigenvalue weighted by molar-refractivity contribution is 7.14. The lowest BCUT2D eigenvalue weighted by Crippen LogP contribution is -2.37. The summed E-state index contributed by atoms with van der Waals surface area (Å²) in [5.74, 6) is -1.08. The van der Waals surface area contributed by atoms with Gasteiger partial charge in [-0.1, -0.05) is 11.6 Å². The van der Waals surface area contributed by atoms with E-state index in [1.165, 1.54) is 60.3 Å². The zero-order valence-corrected chi connectivity index (χ0v) is 17.2. The molecular weight excluding hydrogens is 433 g/mol. The van der Waals surface area contributed by atoms with Gasteiger partial charge in [-0.2, -0.15) is 0 Å². The molecule has 0 fully saturated rings. The first-order valence-corrected chi connectivity index (χ1v) is 9.81. The van der Waals surface area contributed by atoms with Crippen LogP contribution in [0, 0.1) is 5.82 Å². The molecule has 1 amide bonds. The molecule has 0 aliphatic heterocycles. The molecule has 3 heterocycles. The van der Waals surface area contributed by atoms with Crippen LogP contribution in [0.3, 0.4) is 0 Å². The zero-order chi connectivity index (χ0) is 21.6. The van der Waals surface area contributed by atoms with Crippen molar-refractivity contribution in [2.75, 3.05) is 5.32 Å². The number of carbonyl (C=O) groups excluding carboxylic acids is 1. The van der Waals surface area contributed by atoms with Crippen LogP contribution in [0.1, 0.15) is 10.5 Å². The van der Waals surface area contributed by atoms with Crippen LogP contribution in [0.2, 0.25) is 5.02 Å². The Hall–Kier alpha value is -3.37. The minimum absolute atomic E-state index is 0.0207. The Balaban J connectivity index is 1.64. The summed E-state index contributed by atoms with van der Waals surface area (Å²) in [5, 5.41) is 4.82. The molecule has 0 bridgehead atoms. The Morgan fingerprint density at radius 1 is 1.13 bits per heavy atom. The lowest BCUT2D eigenvalue weighted by molar-refractivity contribution is 0.102. The molecule has 30 heavy (non-hydrogen) atoms. The highest BCUT2D eigenvalue weighted by Gasteiger charge is 2.15. The number of halogens is 2. The van der Waals surface area contributed by atoms with E-state index in [2.05, 4.69) is 15.3 Å². The smallest absolute Gasteiger partial charge is 0.296 e. The molecule has 0 saturated carbocycles. The van der Waals surface area contributed by atoms with E-state index in [-0.39, 0.29) is 21.7 Å². The van der Waals surface area contributed by atoms with Crippen LogP contribution in [0.25, 0.3) is 22.3 Å². The molecule has 11 heteroatoms. The van der Waals surface area contributed by atoms with E-state index in [1.54, 1.807) is 5.38 Å². The van der Waals surface area contributed by atoms with Crippen molar-refractivity contribution < 1.29 is 9.18 Å². The maximum absolute atomic E-state index is 13.3. The van der Waals surface area contributed by atoms with Crippen molar-refractivity contribution >= 4 is 45.0 Å². The number of rotatable bonds is 3. The molecule has 0 aliphatic rings. The van der Waals surface area contributed by atoms with E-state index in [4.69, 9.17) is 11.6 Å². The summed E-state index contributed by atoms with van der Waals surface area (Å²) in [4.78, 5) is 45.4. The first-order chi connectivity index (χ1) is 14.3. The molecule has 0 unspecified atom stereocenters. The first-order valence-electron chi connectivity index (χ1n) is 8.55. The largest absolute Gasteiger partial charge is 0.332 e. The fourth-order valence-electron chi connectivity index (χ4n) is 2.86. The molecule has 0 aliphatic carbocycles. The number of hydrogen-bond donors (Lipinski definition) is 1. The molecule has 0 radical (unpaired) electrons. The van der Waals surface area contributed by atoms with E-state index >= 15 is 0 Å². The number of nitrogens with zero attached hydrogens (tertiary/aromatic N) is 4. The van der Waals surface area contributed by atoms with Crippen molar-refractivity contribution in [3.05, 3.63) is 73.1 Å². The molecular formula is C19H13ClFN5O3S. The second-order valence-electron chi connectivity index (χ2n) is 6.39. The summed E-state index contributed by atoms with van der Waals surface area (Å²) in [5.41, 5.74) is 0.224. The number of fused-ring (bicyclic) bond motifs is 1. The Morgan fingerprint density at radius 3 is 2.63 bits per heavy atom. The number of amides is 1. The molecule has 0 spiro atoms. The van der Waals surface area contributed by atoms with Crippen LogP contribution in [-0.2, 0) is 14.1 Å². The number of benzene rings is 1. The average Bonchev–Trinajstić information content (AvgIpc) is 3.20. The van der Waals surface area contributed by atoms with Gasteiger partial charge in [-0.15, -0.1) is 11.3 Å². The monoisotopic (exact) mass is 445 g/mol. The normalized spacial score (nSPS) is 11.1. The maximum atomic E-state index is 13.3. The number of hydrogen-bond acceptors (Lipinski definition) is 6. The fraction of sp³-hybridized carbons (Fsp3) is 0.105. The van der Waals surface area contributed by atoms with Gasteiger partial charge in [-0.05, 0) is 30.3 Å². The topological polar surface area (TPSA) is 98.9 Å². The molecule has 0 saturated heterocycles. The first kappa shape index (κ1) is 19.9. The third-order valence-corrected chi connectivity index (χ3v) is 5.52. The summed E-state index contributed by atoms with van der Waals surface area (Å²) in [6.45, 7) is 0. The second kappa shape index (κ2) is 7.47. The van der Waals surface area contributed by atoms with E-state index < -0.39 is 23.0 Å². The Bertz CT molecular complexity index is 1440. The van der Waals surface area contributed by atoms with Gasteiger partial charge in [-0.3, -0.25) is 24.0 Å². The predicted molar refractivity (Wildman–Crippen MR) is 113 cm³/mol. The van der Waals surface area contributed by atoms with Crippen LogP contribution in [-0.4, -0.2) is 25.0 Å². The van der Waals surface area contributed by atoms with Gasteiger partial charge in [-0.25, -0.2) is 19.2 Å². The molecule has 4 aromatic rings. The minimum Gasteiger partial charge on any atom is -0.296 e. The molecule has 0 atom stereocenters. The second-order valence-corrected chi connectivity index (χ2v) is 7.66. The average molecular weight is 446 g/mol. The SMILES string of the molecule is Cn1c(=O)c2ccc(C(=O)Nc3nc(-c4ccc(F)c(Cl)c4)cs3)nc2n(C)c1=O. The third kappa shape index (κ3) is 3.40. The number of aryl methyl sites for hydroxylation is 1. The number of aromatic nitrogens is 4. The molecule has 3 aromatic heterocycles. The van der Waals surface area contributed by atoms with Crippen molar-refractivity contribution in [2.24, 2.45) is 14.1 Å². The van der Waals surface area contributed by atoms with Crippen LogP contribution in [0.4, 0.5) is 9.52 Å². The van der Waals surface area contributed by atoms with Crippen molar-refractivity contribution in [3.63, 3.8) is 0 Å². The van der Waals surface area contributed by atoms with Gasteiger partial charge in [0, 0.05) is 25.0 Å². The quantitative estimate of drug-likeness (QED) is 0.522. The summed E-state index contributed by atoms with van der Waals surface area (Å²) < 4.78 is 15.5. The Morgan fingerprint density at radius 2 is 1.90 bits per heavy atom. The number of anilines is 1. The van der Waals surface area contributed by atoms with E-state index in [0.29, 0.717) is 16.4 Å². The fourth-order valence-corrected chi connectivity index (χ4v) is 3.76. The summed E-state index contributed by atoms with van der Waals surface area (Å²) in [7, 11) is 2.85. The Kier molecular flexibility index (Phi) is 4.96. The highest BCUT2D eigenvalue weighted by Crippen LogP contribution is 2.28. The van der Waals surface area contributed by atoms with E-state index in [9.17, 15) is 18.8 Å². The van der Waals surface area contributed by atoms with Gasteiger partial charge in [0.25, 0.3) is 11.5 Å². The van der Waals surface area contributed by atoms with Gasteiger partial charge < -0.3 is 0 Å². The lowest BCUT2D eigenvalue weighted by Gasteiger charge is -2.08.